The predicted octanol–water partition coefficient (Wildman–Crippen LogP) is -0.671. The largest absolute Gasteiger partial charge is 0.343 e. The van der Waals surface area contributed by atoms with Gasteiger partial charge in [-0.15, -0.1) is 10.2 Å². The zero-order chi connectivity index (χ0) is 14.5. The molecule has 106 valence electrons. The molecule has 0 aliphatic carbocycles. The van der Waals surface area contributed by atoms with E-state index in [1.807, 2.05) is 13.8 Å². The lowest BCUT2D eigenvalue weighted by Crippen LogP contribution is -2.27. The average molecular weight is 277 g/mol. The molecule has 20 heavy (non-hydrogen) atoms. The van der Waals surface area contributed by atoms with Crippen molar-refractivity contribution in [3.63, 3.8) is 0 Å². The number of aromatic amines is 1. The van der Waals surface area contributed by atoms with Crippen LogP contribution in [0.25, 0.3) is 0 Å². The smallest absolute Gasteiger partial charge is 0.272 e. The summed E-state index contributed by atoms with van der Waals surface area (Å²) < 4.78 is 0. The molecule has 2 aromatic heterocycles. The van der Waals surface area contributed by atoms with Gasteiger partial charge in [-0.1, -0.05) is 19.1 Å². The van der Waals surface area contributed by atoms with Gasteiger partial charge in [-0.3, -0.25) is 10.6 Å². The van der Waals surface area contributed by atoms with Gasteiger partial charge in [-0.2, -0.15) is 5.21 Å². The number of rotatable bonds is 5. The molecule has 0 radical (unpaired) electrons. The first-order chi connectivity index (χ1) is 9.61. The van der Waals surface area contributed by atoms with Gasteiger partial charge in [0.1, 0.15) is 5.82 Å². The number of H-pyrrole nitrogens is 1. The van der Waals surface area contributed by atoms with E-state index in [1.54, 1.807) is 0 Å². The number of anilines is 1. The highest BCUT2D eigenvalue weighted by atomic mass is 16.1. The van der Waals surface area contributed by atoms with Crippen LogP contribution in [0.5, 0.6) is 0 Å². The minimum absolute atomic E-state index is 0.102. The molecule has 0 aliphatic rings. The fraction of sp³-hybridized carbons (Fsp3) is 0.400. The summed E-state index contributed by atoms with van der Waals surface area (Å²) >= 11 is 0. The van der Waals surface area contributed by atoms with Gasteiger partial charge in [0.05, 0.1) is 18.4 Å². The molecule has 1 amide bonds. The SMILES string of the molecule is CC(C)c1ncc(NN)c(C(=O)NCc2nn[nH]n2)n1. The molecule has 0 aliphatic heterocycles. The van der Waals surface area contributed by atoms with E-state index in [0.29, 0.717) is 17.3 Å². The first-order valence-electron chi connectivity index (χ1n) is 5.96. The molecule has 2 rings (SSSR count). The zero-order valence-corrected chi connectivity index (χ0v) is 11.1. The Hall–Kier alpha value is -2.62. The quantitative estimate of drug-likeness (QED) is 0.415. The number of tetrazole rings is 1. The fourth-order valence-electron chi connectivity index (χ4n) is 1.45. The molecule has 2 aromatic rings. The van der Waals surface area contributed by atoms with E-state index < -0.39 is 5.91 Å². The van der Waals surface area contributed by atoms with Gasteiger partial charge >= 0.3 is 0 Å². The van der Waals surface area contributed by atoms with Crippen LogP contribution in [0.2, 0.25) is 0 Å². The van der Waals surface area contributed by atoms with Crippen molar-refractivity contribution in [1.29, 1.82) is 0 Å². The Bertz CT molecular complexity index is 580. The third kappa shape index (κ3) is 3.03. The summed E-state index contributed by atoms with van der Waals surface area (Å²) in [7, 11) is 0. The van der Waals surface area contributed by atoms with Crippen LogP contribution >= 0.6 is 0 Å². The van der Waals surface area contributed by atoms with Crippen molar-refractivity contribution in [2.24, 2.45) is 5.84 Å². The number of carbonyl (C=O) groups is 1. The van der Waals surface area contributed by atoms with Crippen molar-refractivity contribution in [3.8, 4) is 0 Å². The Morgan fingerprint density at radius 1 is 1.50 bits per heavy atom. The van der Waals surface area contributed by atoms with Crippen LogP contribution in [-0.4, -0.2) is 36.5 Å². The number of nitrogens with zero attached hydrogens (tertiary/aromatic N) is 5. The van der Waals surface area contributed by atoms with E-state index in [1.165, 1.54) is 6.20 Å². The topological polar surface area (TPSA) is 147 Å². The van der Waals surface area contributed by atoms with Gasteiger partial charge in [-0.25, -0.2) is 9.97 Å². The molecule has 5 N–H and O–H groups in total. The molecule has 0 bridgehead atoms. The maximum absolute atomic E-state index is 12.1. The van der Waals surface area contributed by atoms with Crippen molar-refractivity contribution in [3.05, 3.63) is 23.5 Å². The molecular weight excluding hydrogens is 262 g/mol. The number of carbonyl (C=O) groups excluding carboxylic acids is 1. The van der Waals surface area contributed by atoms with Crippen LogP contribution in [0.15, 0.2) is 6.20 Å². The monoisotopic (exact) mass is 277 g/mol. The Balaban J connectivity index is 2.16. The number of nitrogens with one attached hydrogen (secondary N) is 3. The second kappa shape index (κ2) is 6.02. The number of amides is 1. The summed E-state index contributed by atoms with van der Waals surface area (Å²) in [5.41, 5.74) is 2.92. The van der Waals surface area contributed by atoms with Crippen LogP contribution < -0.4 is 16.6 Å². The Labute approximate surface area is 114 Å². The van der Waals surface area contributed by atoms with Crippen molar-refractivity contribution in [2.75, 3.05) is 5.43 Å². The van der Waals surface area contributed by atoms with E-state index in [9.17, 15) is 4.79 Å². The third-order valence-corrected chi connectivity index (χ3v) is 2.49. The Morgan fingerprint density at radius 3 is 2.90 bits per heavy atom. The van der Waals surface area contributed by atoms with Gasteiger partial charge in [0.25, 0.3) is 5.91 Å². The average Bonchev–Trinajstić information content (AvgIpc) is 2.97. The van der Waals surface area contributed by atoms with Crippen molar-refractivity contribution in [1.82, 2.24) is 35.9 Å². The van der Waals surface area contributed by atoms with Crippen molar-refractivity contribution >= 4 is 11.6 Å². The second-order valence-electron chi connectivity index (χ2n) is 4.30. The van der Waals surface area contributed by atoms with Gasteiger partial charge in [0.15, 0.2) is 11.5 Å². The first kappa shape index (κ1) is 13.8. The molecule has 0 aromatic carbocycles. The van der Waals surface area contributed by atoms with Gasteiger partial charge < -0.3 is 10.7 Å². The lowest BCUT2D eigenvalue weighted by Gasteiger charge is -2.10. The molecule has 0 unspecified atom stereocenters. The first-order valence-corrected chi connectivity index (χ1v) is 5.96. The standard InChI is InChI=1S/C10H15N9O/c1-5(2)9-12-3-6(15-11)8(14-9)10(20)13-4-7-16-18-19-17-7/h3,5,15H,4,11H2,1-2H3,(H,13,20)(H,16,17,18,19). The Morgan fingerprint density at radius 2 is 2.30 bits per heavy atom. The van der Waals surface area contributed by atoms with E-state index in [2.05, 4.69) is 41.3 Å². The van der Waals surface area contributed by atoms with Crippen LogP contribution in [0.4, 0.5) is 5.69 Å². The van der Waals surface area contributed by atoms with Crippen LogP contribution in [0, 0.1) is 0 Å². The third-order valence-electron chi connectivity index (χ3n) is 2.49. The van der Waals surface area contributed by atoms with Crippen molar-refractivity contribution < 1.29 is 4.79 Å². The van der Waals surface area contributed by atoms with Crippen LogP contribution in [-0.2, 0) is 6.54 Å². The highest BCUT2D eigenvalue weighted by molar-refractivity contribution is 5.97. The molecule has 0 spiro atoms. The van der Waals surface area contributed by atoms with Gasteiger partial charge in [0.2, 0.25) is 0 Å². The predicted molar refractivity (Wildman–Crippen MR) is 69.3 cm³/mol. The number of nitrogens with two attached hydrogens (primary N) is 1. The molecular formula is C10H15N9O. The number of hydrogen-bond donors (Lipinski definition) is 4. The lowest BCUT2D eigenvalue weighted by molar-refractivity contribution is 0.0945. The number of aromatic nitrogens is 6. The summed E-state index contributed by atoms with van der Waals surface area (Å²) in [6, 6.07) is 0. The maximum Gasteiger partial charge on any atom is 0.272 e. The van der Waals surface area contributed by atoms with E-state index >= 15 is 0 Å². The van der Waals surface area contributed by atoms with E-state index in [0.717, 1.165) is 0 Å². The second-order valence-corrected chi connectivity index (χ2v) is 4.30. The normalized spacial score (nSPS) is 10.6. The molecule has 0 saturated heterocycles. The van der Waals surface area contributed by atoms with Crippen LogP contribution in [0.1, 0.15) is 41.9 Å². The summed E-state index contributed by atoms with van der Waals surface area (Å²) in [5.74, 6) is 6.00. The molecule has 10 heteroatoms. The molecule has 0 saturated carbocycles. The highest BCUT2D eigenvalue weighted by Gasteiger charge is 2.16. The number of hydrazine groups is 1. The van der Waals surface area contributed by atoms with Gasteiger partial charge in [0, 0.05) is 5.92 Å². The summed E-state index contributed by atoms with van der Waals surface area (Å²) in [4.78, 5) is 20.5. The van der Waals surface area contributed by atoms with Crippen molar-refractivity contribution in [2.45, 2.75) is 26.3 Å². The summed E-state index contributed by atoms with van der Waals surface area (Å²) in [6.45, 7) is 4.01. The molecule has 10 nitrogen and oxygen atoms in total. The zero-order valence-electron chi connectivity index (χ0n) is 11.1. The lowest BCUT2D eigenvalue weighted by atomic mass is 10.2. The van der Waals surface area contributed by atoms with E-state index in [4.69, 9.17) is 5.84 Å². The number of hydrogen-bond acceptors (Lipinski definition) is 8. The fourth-order valence-corrected chi connectivity index (χ4v) is 1.45. The maximum atomic E-state index is 12.1. The molecule has 2 heterocycles. The van der Waals surface area contributed by atoms with Gasteiger partial charge in [-0.05, 0) is 0 Å². The minimum Gasteiger partial charge on any atom is -0.343 e. The summed E-state index contributed by atoms with van der Waals surface area (Å²) in [5, 5.41) is 15.8. The minimum atomic E-state index is -0.396. The molecule has 0 fully saturated rings. The Kier molecular flexibility index (Phi) is 4.15. The summed E-state index contributed by atoms with van der Waals surface area (Å²) in [6.07, 6.45) is 1.48. The highest BCUT2D eigenvalue weighted by Crippen LogP contribution is 2.15. The number of nitrogen functional groups attached to an aromatic ring is 1. The van der Waals surface area contributed by atoms with Crippen LogP contribution in [0.3, 0.4) is 0 Å². The molecule has 0 atom stereocenters. The van der Waals surface area contributed by atoms with E-state index in [-0.39, 0.29) is 18.2 Å².